The summed E-state index contributed by atoms with van der Waals surface area (Å²) in [4.78, 5) is 13.5. The average molecular weight is 226 g/mol. The van der Waals surface area contributed by atoms with Crippen molar-refractivity contribution in [2.75, 3.05) is 39.8 Å². The van der Waals surface area contributed by atoms with Crippen LogP contribution in [-0.2, 0) is 9.53 Å². The minimum absolute atomic E-state index is 0.0903. The van der Waals surface area contributed by atoms with Crippen molar-refractivity contribution in [2.45, 2.75) is 19.3 Å². The van der Waals surface area contributed by atoms with Crippen molar-refractivity contribution in [2.24, 2.45) is 11.8 Å². The Morgan fingerprint density at radius 1 is 1.44 bits per heavy atom. The molecule has 4 nitrogen and oxygen atoms in total. The average Bonchev–Trinajstić information content (AvgIpc) is 2.24. The Morgan fingerprint density at radius 2 is 2.25 bits per heavy atom. The fraction of sp³-hybridized carbons (Fsp3) is 0.917. The third-order valence-electron chi connectivity index (χ3n) is 3.88. The molecule has 92 valence electrons. The maximum Gasteiger partial charge on any atom is 0.306 e. The molecule has 1 unspecified atom stereocenters. The van der Waals surface area contributed by atoms with Gasteiger partial charge >= 0.3 is 5.97 Å². The Hall–Kier alpha value is -0.610. The van der Waals surface area contributed by atoms with Crippen LogP contribution in [0, 0.1) is 11.8 Å². The maximum absolute atomic E-state index is 11.1. The Morgan fingerprint density at radius 3 is 2.88 bits per heavy atom. The van der Waals surface area contributed by atoms with Gasteiger partial charge < -0.3 is 15.0 Å². The SMILES string of the molecule is COC(=O)CCN1CCCC(C2CNC2)C1. The minimum atomic E-state index is -0.0903. The molecule has 0 amide bonds. The molecule has 16 heavy (non-hydrogen) atoms. The zero-order chi connectivity index (χ0) is 11.4. The molecule has 0 aliphatic carbocycles. The molecule has 2 rings (SSSR count). The van der Waals surface area contributed by atoms with Crippen LogP contribution in [0.2, 0.25) is 0 Å². The van der Waals surface area contributed by atoms with E-state index in [1.807, 2.05) is 0 Å². The van der Waals surface area contributed by atoms with E-state index in [2.05, 4.69) is 15.0 Å². The molecule has 0 saturated carbocycles. The number of ether oxygens (including phenoxy) is 1. The van der Waals surface area contributed by atoms with Gasteiger partial charge in [0.2, 0.25) is 0 Å². The lowest BCUT2D eigenvalue weighted by atomic mass is 9.82. The number of esters is 1. The lowest BCUT2D eigenvalue weighted by Crippen LogP contribution is -2.51. The standard InChI is InChI=1S/C12H22N2O2/c1-16-12(15)4-6-14-5-2-3-10(9-14)11-7-13-8-11/h10-11,13H,2-9H2,1H3. The molecule has 2 aliphatic rings. The first kappa shape index (κ1) is 11.9. The molecule has 1 N–H and O–H groups in total. The van der Waals surface area contributed by atoms with Gasteiger partial charge in [0, 0.05) is 13.1 Å². The largest absolute Gasteiger partial charge is 0.469 e. The Kier molecular flexibility index (Phi) is 4.18. The monoisotopic (exact) mass is 226 g/mol. The second kappa shape index (κ2) is 5.64. The number of carbonyl (C=O) groups excluding carboxylic acids is 1. The van der Waals surface area contributed by atoms with Crippen LogP contribution in [0.5, 0.6) is 0 Å². The summed E-state index contributed by atoms with van der Waals surface area (Å²) in [5, 5.41) is 3.34. The molecule has 2 saturated heterocycles. The van der Waals surface area contributed by atoms with Crippen molar-refractivity contribution in [3.63, 3.8) is 0 Å². The normalized spacial score (nSPS) is 27.4. The Bertz CT molecular complexity index is 241. The van der Waals surface area contributed by atoms with Gasteiger partial charge in [-0.05, 0) is 44.3 Å². The summed E-state index contributed by atoms with van der Waals surface area (Å²) in [5.74, 6) is 1.63. The number of rotatable bonds is 4. The van der Waals surface area contributed by atoms with Gasteiger partial charge in [-0.3, -0.25) is 4.79 Å². The van der Waals surface area contributed by atoms with Crippen LogP contribution in [-0.4, -0.2) is 50.7 Å². The van der Waals surface area contributed by atoms with Gasteiger partial charge in [0.1, 0.15) is 0 Å². The highest BCUT2D eigenvalue weighted by atomic mass is 16.5. The smallest absolute Gasteiger partial charge is 0.306 e. The van der Waals surface area contributed by atoms with Crippen LogP contribution in [0.4, 0.5) is 0 Å². The topological polar surface area (TPSA) is 41.6 Å². The van der Waals surface area contributed by atoms with Gasteiger partial charge in [0.25, 0.3) is 0 Å². The number of hydrogen-bond acceptors (Lipinski definition) is 4. The van der Waals surface area contributed by atoms with Crippen molar-refractivity contribution in [3.05, 3.63) is 0 Å². The Balaban J connectivity index is 1.71. The van der Waals surface area contributed by atoms with Gasteiger partial charge in [0.15, 0.2) is 0 Å². The highest BCUT2D eigenvalue weighted by Crippen LogP contribution is 2.26. The third-order valence-corrected chi connectivity index (χ3v) is 3.88. The van der Waals surface area contributed by atoms with Crippen molar-refractivity contribution in [1.29, 1.82) is 0 Å². The first-order chi connectivity index (χ1) is 7.79. The summed E-state index contributed by atoms with van der Waals surface area (Å²) < 4.78 is 4.67. The van der Waals surface area contributed by atoms with Gasteiger partial charge in [-0.2, -0.15) is 0 Å². The molecule has 0 aromatic heterocycles. The summed E-state index contributed by atoms with van der Waals surface area (Å²) in [5.41, 5.74) is 0. The molecule has 0 aromatic carbocycles. The molecule has 2 fully saturated rings. The van der Waals surface area contributed by atoms with Crippen LogP contribution < -0.4 is 5.32 Å². The van der Waals surface area contributed by atoms with Crippen LogP contribution in [0.25, 0.3) is 0 Å². The van der Waals surface area contributed by atoms with Gasteiger partial charge in [-0.1, -0.05) is 0 Å². The summed E-state index contributed by atoms with van der Waals surface area (Å²) in [6.45, 7) is 5.56. The molecular weight excluding hydrogens is 204 g/mol. The van der Waals surface area contributed by atoms with Gasteiger partial charge in [0.05, 0.1) is 13.5 Å². The minimum Gasteiger partial charge on any atom is -0.469 e. The van der Waals surface area contributed by atoms with E-state index >= 15 is 0 Å². The quantitative estimate of drug-likeness (QED) is 0.708. The fourth-order valence-electron chi connectivity index (χ4n) is 2.67. The molecule has 2 heterocycles. The van der Waals surface area contributed by atoms with Crippen molar-refractivity contribution in [3.8, 4) is 0 Å². The number of nitrogens with one attached hydrogen (secondary N) is 1. The van der Waals surface area contributed by atoms with E-state index in [0.29, 0.717) is 6.42 Å². The second-order valence-corrected chi connectivity index (χ2v) is 4.95. The molecule has 0 aromatic rings. The number of likely N-dealkylation sites (tertiary alicyclic amines) is 1. The maximum atomic E-state index is 11.1. The first-order valence-corrected chi connectivity index (χ1v) is 6.29. The molecule has 0 radical (unpaired) electrons. The molecule has 2 aliphatic heterocycles. The highest BCUT2D eigenvalue weighted by Gasteiger charge is 2.30. The lowest BCUT2D eigenvalue weighted by molar-refractivity contribution is -0.141. The van der Waals surface area contributed by atoms with Crippen molar-refractivity contribution in [1.82, 2.24) is 10.2 Å². The van der Waals surface area contributed by atoms with E-state index in [-0.39, 0.29) is 5.97 Å². The number of carbonyl (C=O) groups is 1. The van der Waals surface area contributed by atoms with E-state index in [4.69, 9.17) is 0 Å². The van der Waals surface area contributed by atoms with Crippen molar-refractivity contribution >= 4 is 5.97 Å². The number of hydrogen-bond donors (Lipinski definition) is 1. The predicted molar refractivity (Wildman–Crippen MR) is 62.2 cm³/mol. The van der Waals surface area contributed by atoms with E-state index in [1.54, 1.807) is 0 Å². The Labute approximate surface area is 97.3 Å². The van der Waals surface area contributed by atoms with Crippen LogP contribution in [0.1, 0.15) is 19.3 Å². The second-order valence-electron chi connectivity index (χ2n) is 4.95. The third kappa shape index (κ3) is 2.95. The van der Waals surface area contributed by atoms with E-state index in [1.165, 1.54) is 39.6 Å². The van der Waals surface area contributed by atoms with Crippen LogP contribution >= 0.6 is 0 Å². The van der Waals surface area contributed by atoms with Gasteiger partial charge in [-0.15, -0.1) is 0 Å². The summed E-state index contributed by atoms with van der Waals surface area (Å²) >= 11 is 0. The number of nitrogens with zero attached hydrogens (tertiary/aromatic N) is 1. The zero-order valence-electron chi connectivity index (χ0n) is 10.1. The fourth-order valence-corrected chi connectivity index (χ4v) is 2.67. The molecule has 4 heteroatoms. The van der Waals surface area contributed by atoms with E-state index in [0.717, 1.165) is 24.9 Å². The number of piperidine rings is 1. The summed E-state index contributed by atoms with van der Waals surface area (Å²) in [6, 6.07) is 0. The highest BCUT2D eigenvalue weighted by molar-refractivity contribution is 5.69. The van der Waals surface area contributed by atoms with Gasteiger partial charge in [-0.25, -0.2) is 0 Å². The molecular formula is C12H22N2O2. The first-order valence-electron chi connectivity index (χ1n) is 6.29. The lowest BCUT2D eigenvalue weighted by Gasteiger charge is -2.41. The molecule has 1 atom stereocenters. The summed E-state index contributed by atoms with van der Waals surface area (Å²) in [7, 11) is 1.46. The van der Waals surface area contributed by atoms with Crippen molar-refractivity contribution < 1.29 is 9.53 Å². The molecule has 0 bridgehead atoms. The van der Waals surface area contributed by atoms with E-state index < -0.39 is 0 Å². The van der Waals surface area contributed by atoms with E-state index in [9.17, 15) is 4.79 Å². The summed E-state index contributed by atoms with van der Waals surface area (Å²) in [6.07, 6.45) is 3.18. The number of methoxy groups -OCH3 is 1. The van der Waals surface area contributed by atoms with Crippen LogP contribution in [0.15, 0.2) is 0 Å². The zero-order valence-corrected chi connectivity index (χ0v) is 10.1. The van der Waals surface area contributed by atoms with Crippen LogP contribution in [0.3, 0.4) is 0 Å². The molecule has 0 spiro atoms. The predicted octanol–water partition coefficient (Wildman–Crippen LogP) is 0.481.